The molecular formula is C25H24F6N4O4. The number of amides is 1. The van der Waals surface area contributed by atoms with E-state index in [4.69, 9.17) is 0 Å². The fourth-order valence-corrected chi connectivity index (χ4v) is 4.42. The van der Waals surface area contributed by atoms with Gasteiger partial charge in [0.1, 0.15) is 28.9 Å². The van der Waals surface area contributed by atoms with Crippen LogP contribution in [0.15, 0.2) is 35.3 Å². The van der Waals surface area contributed by atoms with E-state index in [0.29, 0.717) is 22.9 Å². The normalized spacial score (nSPS) is 19.0. The zero-order valence-electron chi connectivity index (χ0n) is 20.9. The predicted octanol–water partition coefficient (Wildman–Crippen LogP) is 3.05. The number of carbonyl (C=O) groups excluding carboxylic acids is 1. The molecule has 3 heterocycles. The van der Waals surface area contributed by atoms with Crippen LogP contribution in [0.1, 0.15) is 31.1 Å². The minimum atomic E-state index is -4.89. The van der Waals surface area contributed by atoms with E-state index in [-0.39, 0.29) is 24.3 Å². The fourth-order valence-electron chi connectivity index (χ4n) is 4.42. The van der Waals surface area contributed by atoms with Crippen molar-refractivity contribution in [3.8, 4) is 5.69 Å². The van der Waals surface area contributed by atoms with Crippen molar-refractivity contribution in [1.29, 1.82) is 0 Å². The second-order valence-corrected chi connectivity index (χ2v) is 10.4. The lowest BCUT2D eigenvalue weighted by atomic mass is 9.86. The van der Waals surface area contributed by atoms with E-state index >= 15 is 0 Å². The Kier molecular flexibility index (Phi) is 7.15. The van der Waals surface area contributed by atoms with Crippen molar-refractivity contribution in [2.24, 2.45) is 5.41 Å². The molecule has 1 saturated heterocycles. The quantitative estimate of drug-likeness (QED) is 0.425. The molecule has 210 valence electrons. The lowest BCUT2D eigenvalue weighted by Gasteiger charge is -2.33. The van der Waals surface area contributed by atoms with Crippen LogP contribution in [0.3, 0.4) is 0 Å². The van der Waals surface area contributed by atoms with Gasteiger partial charge in [0, 0.05) is 31.4 Å². The van der Waals surface area contributed by atoms with Crippen molar-refractivity contribution in [2.75, 3.05) is 18.0 Å². The highest BCUT2D eigenvalue weighted by molar-refractivity contribution is 5.97. The summed E-state index contributed by atoms with van der Waals surface area (Å²) in [5.41, 5.74) is -4.80. The van der Waals surface area contributed by atoms with Crippen molar-refractivity contribution in [1.82, 2.24) is 14.9 Å². The number of nitrogens with one attached hydrogen (secondary N) is 1. The molecule has 39 heavy (non-hydrogen) atoms. The molecule has 0 spiro atoms. The van der Waals surface area contributed by atoms with Crippen molar-refractivity contribution in [2.45, 2.75) is 45.2 Å². The first-order valence-electron chi connectivity index (χ1n) is 11.7. The molecule has 1 aliphatic rings. The minimum absolute atomic E-state index is 0.0602. The highest BCUT2D eigenvalue weighted by Crippen LogP contribution is 2.33. The topological polar surface area (TPSA) is 108 Å². The summed E-state index contributed by atoms with van der Waals surface area (Å²) in [5, 5.41) is 21.1. The maximum absolute atomic E-state index is 14.9. The summed E-state index contributed by atoms with van der Waals surface area (Å²) in [5.74, 6) is -5.51. The first kappa shape index (κ1) is 28.4. The summed E-state index contributed by atoms with van der Waals surface area (Å²) in [6, 6.07) is 0.741. The number of benzene rings is 1. The summed E-state index contributed by atoms with van der Waals surface area (Å²) in [7, 11) is 0. The van der Waals surface area contributed by atoms with Gasteiger partial charge in [-0.1, -0.05) is 20.8 Å². The van der Waals surface area contributed by atoms with Crippen LogP contribution >= 0.6 is 0 Å². The predicted molar refractivity (Wildman–Crippen MR) is 128 cm³/mol. The second kappa shape index (κ2) is 9.83. The van der Waals surface area contributed by atoms with Gasteiger partial charge in [-0.25, -0.2) is 18.2 Å². The van der Waals surface area contributed by atoms with Crippen LogP contribution in [0, 0.1) is 22.9 Å². The lowest BCUT2D eigenvalue weighted by molar-refractivity contribution is -0.174. The van der Waals surface area contributed by atoms with Crippen molar-refractivity contribution in [3.63, 3.8) is 0 Å². The van der Waals surface area contributed by atoms with Gasteiger partial charge in [-0.3, -0.25) is 14.2 Å². The highest BCUT2D eigenvalue weighted by atomic mass is 19.4. The highest BCUT2D eigenvalue weighted by Gasteiger charge is 2.48. The Balaban J connectivity index is 1.95. The number of alkyl halides is 3. The van der Waals surface area contributed by atoms with Gasteiger partial charge in [0.2, 0.25) is 5.43 Å². The molecule has 4 rings (SSSR count). The number of carbonyl (C=O) groups is 1. The molecule has 0 saturated carbocycles. The molecule has 0 unspecified atom stereocenters. The molecule has 0 radical (unpaired) electrons. The van der Waals surface area contributed by atoms with Gasteiger partial charge in [0.25, 0.3) is 5.91 Å². The Morgan fingerprint density at radius 2 is 1.62 bits per heavy atom. The van der Waals surface area contributed by atoms with Crippen molar-refractivity contribution in [3.05, 3.63) is 63.7 Å². The summed E-state index contributed by atoms with van der Waals surface area (Å²) in [6.07, 6.45) is -6.49. The summed E-state index contributed by atoms with van der Waals surface area (Å²) in [6.45, 7) is 3.56. The van der Waals surface area contributed by atoms with E-state index < -0.39 is 75.5 Å². The number of aliphatic hydroxyl groups excluding tert-OH is 2. The van der Waals surface area contributed by atoms with E-state index in [9.17, 15) is 46.1 Å². The number of halogens is 6. The zero-order valence-corrected chi connectivity index (χ0v) is 20.9. The smallest absolute Gasteiger partial charge is 0.389 e. The number of hydrogen-bond donors (Lipinski definition) is 3. The van der Waals surface area contributed by atoms with Gasteiger partial charge in [-0.2, -0.15) is 13.2 Å². The number of aromatic nitrogens is 2. The maximum Gasteiger partial charge on any atom is 0.409 e. The van der Waals surface area contributed by atoms with Gasteiger partial charge in [-0.05, 0) is 17.5 Å². The molecule has 1 amide bonds. The molecule has 8 nitrogen and oxygen atoms in total. The third-order valence-electron chi connectivity index (χ3n) is 6.36. The summed E-state index contributed by atoms with van der Waals surface area (Å²) < 4.78 is 85.1. The maximum atomic E-state index is 14.9. The molecule has 0 bridgehead atoms. The van der Waals surface area contributed by atoms with Crippen LogP contribution in [-0.2, 0) is 0 Å². The second-order valence-electron chi connectivity index (χ2n) is 10.4. The number of nitrogens with zero attached hydrogens (tertiary/aromatic N) is 3. The number of hydrogen-bond acceptors (Lipinski definition) is 6. The van der Waals surface area contributed by atoms with Gasteiger partial charge in [-0.15, -0.1) is 0 Å². The van der Waals surface area contributed by atoms with Gasteiger partial charge in [0.15, 0.2) is 17.3 Å². The Bertz CT molecular complexity index is 1450. The molecule has 0 aliphatic carbocycles. The number of β-amino-alcohol motifs (C(OH)–C–C–N with tert-alkyl or cyclic N) is 2. The number of rotatable bonds is 4. The molecule has 14 heteroatoms. The molecule has 1 aromatic carbocycles. The lowest BCUT2D eigenvalue weighted by Crippen LogP contribution is -2.53. The average molecular weight is 558 g/mol. The average Bonchev–Trinajstić information content (AvgIpc) is 3.14. The van der Waals surface area contributed by atoms with Crippen LogP contribution < -0.4 is 15.6 Å². The molecule has 3 N–H and O–H groups in total. The Morgan fingerprint density at radius 1 is 1.05 bits per heavy atom. The summed E-state index contributed by atoms with van der Waals surface area (Å²) >= 11 is 0. The molecule has 2 aromatic heterocycles. The third kappa shape index (κ3) is 5.43. The van der Waals surface area contributed by atoms with E-state index in [1.54, 1.807) is 5.32 Å². The van der Waals surface area contributed by atoms with Crippen LogP contribution in [0.5, 0.6) is 0 Å². The van der Waals surface area contributed by atoms with Gasteiger partial charge in [0.05, 0.1) is 17.6 Å². The van der Waals surface area contributed by atoms with E-state index in [2.05, 4.69) is 4.98 Å². The zero-order chi connectivity index (χ0) is 29.0. The monoisotopic (exact) mass is 558 g/mol. The molecule has 3 atom stereocenters. The van der Waals surface area contributed by atoms with E-state index in [1.165, 1.54) is 31.7 Å². The van der Waals surface area contributed by atoms with E-state index in [0.717, 1.165) is 6.07 Å². The number of pyridine rings is 2. The minimum Gasteiger partial charge on any atom is -0.389 e. The largest absolute Gasteiger partial charge is 0.409 e. The fraction of sp³-hybridized carbons (Fsp3) is 0.400. The van der Waals surface area contributed by atoms with Gasteiger partial charge >= 0.3 is 6.18 Å². The van der Waals surface area contributed by atoms with Crippen LogP contribution in [-0.4, -0.2) is 63.2 Å². The first-order valence-corrected chi connectivity index (χ1v) is 11.7. The Morgan fingerprint density at radius 3 is 2.13 bits per heavy atom. The van der Waals surface area contributed by atoms with Crippen LogP contribution in [0.4, 0.5) is 32.2 Å². The summed E-state index contributed by atoms with van der Waals surface area (Å²) in [4.78, 5) is 31.9. The SMILES string of the molecule is CC(C)(C)[C@@H](NC(=O)c1cn(-c2c(F)cc(F)cc2F)c2nc(N3C[C@@H](O)[C@H](O)C3)ccc2c1=O)C(F)(F)F. The number of aliphatic hydroxyl groups is 2. The molecule has 3 aromatic rings. The van der Waals surface area contributed by atoms with Crippen LogP contribution in [0.25, 0.3) is 16.7 Å². The van der Waals surface area contributed by atoms with Crippen molar-refractivity contribution < 1.29 is 41.4 Å². The number of fused-ring (bicyclic) bond motifs is 1. The van der Waals surface area contributed by atoms with Gasteiger partial charge < -0.3 is 20.4 Å². The van der Waals surface area contributed by atoms with Crippen LogP contribution in [0.2, 0.25) is 0 Å². The standard InChI is InChI=1S/C25H24F6N4O4/c1-24(2,3)23(25(29,30)31)33-22(39)13-8-35(19-14(27)6-11(26)7-15(19)28)21-12(20(13)38)4-5-18(32-21)34-9-16(36)17(37)10-34/h4-8,16-17,23,36-37H,9-10H2,1-3H3,(H,33,39)/t16-,17-,23-/m1/s1. The third-order valence-corrected chi connectivity index (χ3v) is 6.36. The van der Waals surface area contributed by atoms with E-state index in [1.807, 2.05) is 0 Å². The molecule has 1 fully saturated rings. The Hall–Kier alpha value is -3.65. The first-order chi connectivity index (χ1) is 18.0. The Labute approximate surface area is 217 Å². The molecule has 1 aliphatic heterocycles. The molecular weight excluding hydrogens is 534 g/mol. The van der Waals surface area contributed by atoms with Crippen molar-refractivity contribution >= 4 is 22.8 Å². The number of anilines is 1.